The van der Waals surface area contributed by atoms with E-state index in [1.807, 2.05) is 27.2 Å². The van der Waals surface area contributed by atoms with Gasteiger partial charge in [0.1, 0.15) is 13.2 Å². The number of quaternary nitrogens is 1. The second kappa shape index (κ2) is 61.3. The summed E-state index contributed by atoms with van der Waals surface area (Å²) in [6.07, 6.45) is 81.5. The minimum atomic E-state index is -4.35. The highest BCUT2D eigenvalue weighted by Gasteiger charge is 2.28. The average Bonchev–Trinajstić information content (AvgIpc) is 3.42. The molecule has 3 atom stereocenters. The molecule has 0 aromatic heterocycles. The predicted octanol–water partition coefficient (Wildman–Crippen LogP) is 22.1. The molecule has 0 spiro atoms. The Kier molecular flexibility index (Phi) is 60.3. The normalized spacial score (nSPS) is 13.9. The Morgan fingerprint density at radius 1 is 0.430 bits per heavy atom. The summed E-state index contributed by atoms with van der Waals surface area (Å²) in [7, 11) is 1.59. The van der Waals surface area contributed by atoms with Gasteiger partial charge in [0.05, 0.1) is 39.9 Å². The number of allylic oxidation sites excluding steroid dienone is 5. The van der Waals surface area contributed by atoms with E-state index in [1.54, 1.807) is 6.08 Å². The molecule has 0 bridgehead atoms. The maximum Gasteiger partial charge on any atom is 0.472 e. The molecule has 0 aliphatic carbocycles. The van der Waals surface area contributed by atoms with Crippen molar-refractivity contribution >= 4 is 13.7 Å². The molecule has 79 heavy (non-hydrogen) atoms. The molecule has 9 heteroatoms. The van der Waals surface area contributed by atoms with Crippen LogP contribution >= 0.6 is 7.82 Å². The van der Waals surface area contributed by atoms with Crippen LogP contribution in [-0.2, 0) is 18.4 Å². The number of carbonyl (C=O) groups is 1. The monoisotopic (exact) mass is 1130 g/mol. The lowest BCUT2D eigenvalue weighted by molar-refractivity contribution is -0.870. The van der Waals surface area contributed by atoms with Crippen LogP contribution in [0, 0.1) is 0 Å². The quantitative estimate of drug-likeness (QED) is 0.0243. The molecule has 468 valence electrons. The van der Waals surface area contributed by atoms with Crippen LogP contribution in [-0.4, -0.2) is 73.4 Å². The average molecular weight is 1130 g/mol. The minimum Gasteiger partial charge on any atom is -0.387 e. The number of rotatable bonds is 65. The molecule has 3 unspecified atom stereocenters. The van der Waals surface area contributed by atoms with Crippen molar-refractivity contribution in [1.82, 2.24) is 5.32 Å². The van der Waals surface area contributed by atoms with Gasteiger partial charge in [-0.25, -0.2) is 4.57 Å². The summed E-state index contributed by atoms with van der Waals surface area (Å²) in [5, 5.41) is 14.0. The van der Waals surface area contributed by atoms with E-state index in [-0.39, 0.29) is 19.1 Å². The first-order valence-electron chi connectivity index (χ1n) is 34.9. The highest BCUT2D eigenvalue weighted by atomic mass is 31.2. The Balaban J connectivity index is 3.98. The summed E-state index contributed by atoms with van der Waals surface area (Å²) < 4.78 is 23.8. The third-order valence-electron chi connectivity index (χ3n) is 16.1. The van der Waals surface area contributed by atoms with Crippen molar-refractivity contribution in [3.8, 4) is 0 Å². The van der Waals surface area contributed by atoms with Gasteiger partial charge in [0.25, 0.3) is 0 Å². The predicted molar refractivity (Wildman–Crippen MR) is 346 cm³/mol. The third-order valence-corrected chi connectivity index (χ3v) is 17.1. The summed E-state index contributed by atoms with van der Waals surface area (Å²) in [5.41, 5.74) is 0. The standard InChI is InChI=1S/C70H137N2O6P/c1-6-8-10-12-14-16-18-20-22-24-26-28-29-30-31-32-33-34-35-36-37-38-39-40-41-42-43-44-46-48-50-52-54-56-58-60-62-64-70(74)71-68(67-78-79(75,76)77-66-65-72(3,4)5)69(73)63-61-59-57-55-53-51-49-47-45-27-25-23-21-19-17-15-13-11-9-7-2/h31-32,34-35,61,63,68-69,73H,6-30,33,36-60,62,64-67H2,1-5H3,(H-,71,74,75,76)/p+1/b32-31-,35-34-,63-61+. The van der Waals surface area contributed by atoms with Crippen molar-refractivity contribution in [2.24, 2.45) is 0 Å². The molecule has 0 radical (unpaired) electrons. The van der Waals surface area contributed by atoms with Crippen molar-refractivity contribution in [2.45, 2.75) is 366 Å². The Hall–Kier alpha value is -1.28. The van der Waals surface area contributed by atoms with Gasteiger partial charge in [-0.15, -0.1) is 0 Å². The zero-order chi connectivity index (χ0) is 57.7. The highest BCUT2D eigenvalue weighted by Crippen LogP contribution is 2.43. The number of hydrogen-bond donors (Lipinski definition) is 3. The number of nitrogens with one attached hydrogen (secondary N) is 1. The van der Waals surface area contributed by atoms with E-state index < -0.39 is 20.0 Å². The molecule has 1 amide bonds. The number of amides is 1. The lowest BCUT2D eigenvalue weighted by Crippen LogP contribution is -2.45. The number of likely N-dealkylation sites (N-methyl/N-ethyl adjacent to an activating group) is 1. The van der Waals surface area contributed by atoms with Crippen LogP contribution < -0.4 is 5.32 Å². The molecule has 0 rings (SSSR count). The number of phosphoric acid groups is 1. The van der Waals surface area contributed by atoms with Gasteiger partial charge in [-0.3, -0.25) is 13.8 Å². The molecule has 0 aliphatic heterocycles. The summed E-state index contributed by atoms with van der Waals surface area (Å²) in [5.74, 6) is -0.171. The summed E-state index contributed by atoms with van der Waals surface area (Å²) in [6, 6.07) is -0.846. The van der Waals surface area contributed by atoms with Crippen LogP contribution in [0.4, 0.5) is 0 Å². The fourth-order valence-corrected chi connectivity index (χ4v) is 11.4. The Morgan fingerprint density at radius 3 is 1.04 bits per heavy atom. The van der Waals surface area contributed by atoms with Crippen LogP contribution in [0.5, 0.6) is 0 Å². The van der Waals surface area contributed by atoms with E-state index in [0.29, 0.717) is 17.4 Å². The zero-order valence-electron chi connectivity index (χ0n) is 53.6. The summed E-state index contributed by atoms with van der Waals surface area (Å²) in [6.45, 7) is 4.87. The molecule has 0 fully saturated rings. The summed E-state index contributed by atoms with van der Waals surface area (Å²) in [4.78, 5) is 23.4. The molecule has 0 heterocycles. The van der Waals surface area contributed by atoms with Gasteiger partial charge < -0.3 is 19.8 Å². The van der Waals surface area contributed by atoms with Gasteiger partial charge in [0.2, 0.25) is 5.91 Å². The summed E-state index contributed by atoms with van der Waals surface area (Å²) >= 11 is 0. The van der Waals surface area contributed by atoms with Gasteiger partial charge in [0.15, 0.2) is 0 Å². The van der Waals surface area contributed by atoms with Crippen molar-refractivity contribution < 1.29 is 32.9 Å². The van der Waals surface area contributed by atoms with E-state index in [1.165, 1.54) is 289 Å². The van der Waals surface area contributed by atoms with Crippen molar-refractivity contribution in [1.29, 1.82) is 0 Å². The Bertz CT molecular complexity index is 1380. The minimum absolute atomic E-state index is 0.0632. The number of aliphatic hydroxyl groups is 1. The molecule has 0 aromatic carbocycles. The smallest absolute Gasteiger partial charge is 0.387 e. The second-order valence-electron chi connectivity index (χ2n) is 25.3. The largest absolute Gasteiger partial charge is 0.472 e. The van der Waals surface area contributed by atoms with Crippen molar-refractivity contribution in [2.75, 3.05) is 40.9 Å². The maximum absolute atomic E-state index is 13.0. The molecular formula is C70H138N2O6P+. The number of unbranched alkanes of at least 4 members (excludes halogenated alkanes) is 48. The lowest BCUT2D eigenvalue weighted by atomic mass is 10.0. The number of phosphoric ester groups is 1. The first kappa shape index (κ1) is 77.7. The maximum atomic E-state index is 13.0. The highest BCUT2D eigenvalue weighted by molar-refractivity contribution is 7.47. The van der Waals surface area contributed by atoms with Crippen LogP contribution in [0.2, 0.25) is 0 Å². The Labute approximate surface area is 493 Å². The van der Waals surface area contributed by atoms with Crippen molar-refractivity contribution in [3.05, 3.63) is 36.5 Å². The zero-order valence-corrected chi connectivity index (χ0v) is 54.5. The number of hydrogen-bond acceptors (Lipinski definition) is 5. The first-order valence-corrected chi connectivity index (χ1v) is 36.4. The topological polar surface area (TPSA) is 105 Å². The van der Waals surface area contributed by atoms with Crippen molar-refractivity contribution in [3.63, 3.8) is 0 Å². The van der Waals surface area contributed by atoms with Gasteiger partial charge >= 0.3 is 7.82 Å². The van der Waals surface area contributed by atoms with Gasteiger partial charge in [-0.1, -0.05) is 333 Å². The lowest BCUT2D eigenvalue weighted by Gasteiger charge is -2.25. The van der Waals surface area contributed by atoms with Crippen LogP contribution in [0.25, 0.3) is 0 Å². The fraction of sp³-hybridized carbons (Fsp3) is 0.900. The van der Waals surface area contributed by atoms with Crippen LogP contribution in [0.15, 0.2) is 36.5 Å². The van der Waals surface area contributed by atoms with Crippen LogP contribution in [0.1, 0.15) is 354 Å². The van der Waals surface area contributed by atoms with E-state index in [9.17, 15) is 19.4 Å². The van der Waals surface area contributed by atoms with E-state index in [4.69, 9.17) is 9.05 Å². The van der Waals surface area contributed by atoms with E-state index in [2.05, 4.69) is 43.5 Å². The van der Waals surface area contributed by atoms with Crippen LogP contribution in [0.3, 0.4) is 0 Å². The molecule has 0 aliphatic rings. The first-order chi connectivity index (χ1) is 38.5. The number of nitrogens with zero attached hydrogens (tertiary/aromatic N) is 1. The molecule has 8 nitrogen and oxygen atoms in total. The van der Waals surface area contributed by atoms with E-state index in [0.717, 1.165) is 44.9 Å². The Morgan fingerprint density at radius 2 is 0.722 bits per heavy atom. The van der Waals surface area contributed by atoms with Gasteiger partial charge in [-0.05, 0) is 51.4 Å². The SMILES string of the molecule is CCCCCCCCCCCCCCC/C=C\C/C=C\CCCCCCCCCCCCCCCCCCCC(=O)NC(COP(=O)(O)OCC[N+](C)(C)C)C(O)/C=C/CCCCCCCCCCCCCCCCCCCC. The van der Waals surface area contributed by atoms with Gasteiger partial charge in [-0.2, -0.15) is 0 Å². The van der Waals surface area contributed by atoms with Gasteiger partial charge in [0, 0.05) is 6.42 Å². The second-order valence-corrected chi connectivity index (χ2v) is 26.7. The fourth-order valence-electron chi connectivity index (χ4n) is 10.7. The third kappa shape index (κ3) is 64.1. The molecule has 0 aromatic rings. The molecule has 0 saturated carbocycles. The molecule has 0 saturated heterocycles. The molecule has 3 N–H and O–H groups in total. The molecular weight excluding hydrogens is 996 g/mol. The number of aliphatic hydroxyl groups excluding tert-OH is 1. The van der Waals surface area contributed by atoms with E-state index >= 15 is 0 Å². The number of carbonyl (C=O) groups excluding carboxylic acids is 1.